The molecule has 2 heterocycles. The van der Waals surface area contributed by atoms with E-state index >= 15 is 0 Å². The van der Waals surface area contributed by atoms with E-state index in [9.17, 15) is 9.18 Å². The summed E-state index contributed by atoms with van der Waals surface area (Å²) in [5.74, 6) is 0.338. The van der Waals surface area contributed by atoms with Crippen molar-refractivity contribution in [2.75, 3.05) is 13.2 Å². The van der Waals surface area contributed by atoms with E-state index in [0.717, 1.165) is 11.1 Å². The number of hydrogen-bond acceptors (Lipinski definition) is 5. The van der Waals surface area contributed by atoms with Gasteiger partial charge in [-0.1, -0.05) is 42.0 Å². The van der Waals surface area contributed by atoms with E-state index in [0.29, 0.717) is 35.9 Å². The first-order chi connectivity index (χ1) is 14.6. The second kappa shape index (κ2) is 8.69. The summed E-state index contributed by atoms with van der Waals surface area (Å²) >= 11 is 0. The molecule has 0 saturated carbocycles. The molecule has 0 bridgehead atoms. The smallest absolute Gasteiger partial charge is 0.231 e. The average Bonchev–Trinajstić information content (AvgIpc) is 3.16. The van der Waals surface area contributed by atoms with Crippen LogP contribution in [0.4, 0.5) is 4.39 Å². The molecule has 0 radical (unpaired) electrons. The van der Waals surface area contributed by atoms with Gasteiger partial charge in [-0.3, -0.25) is 4.79 Å². The Bertz CT molecular complexity index is 1170. The van der Waals surface area contributed by atoms with E-state index in [1.807, 2.05) is 31.2 Å². The number of aromatic nitrogens is 4. The number of carbonyl (C=O) groups is 1. The number of fused-ring (bicyclic) bond motifs is 1. The molecule has 1 N–H and O–H groups in total. The molecule has 0 aliphatic carbocycles. The number of hydrogen-bond donors (Lipinski definition) is 1. The van der Waals surface area contributed by atoms with Gasteiger partial charge in [0.05, 0.1) is 13.0 Å². The summed E-state index contributed by atoms with van der Waals surface area (Å²) in [5.41, 5.74) is 3.21. The normalized spacial score (nSPS) is 10.9. The number of halogens is 1. The predicted molar refractivity (Wildman–Crippen MR) is 110 cm³/mol. The summed E-state index contributed by atoms with van der Waals surface area (Å²) in [6, 6.07) is 17.3. The third-order valence-corrected chi connectivity index (χ3v) is 4.48. The van der Waals surface area contributed by atoms with Gasteiger partial charge in [0.1, 0.15) is 12.4 Å². The highest BCUT2D eigenvalue weighted by molar-refractivity contribution is 5.78. The fourth-order valence-electron chi connectivity index (χ4n) is 2.96. The number of rotatable bonds is 7. The number of amides is 1. The van der Waals surface area contributed by atoms with Crippen molar-refractivity contribution in [2.45, 2.75) is 13.3 Å². The molecule has 1 amide bonds. The van der Waals surface area contributed by atoms with Crippen LogP contribution in [0.1, 0.15) is 11.1 Å². The van der Waals surface area contributed by atoms with Crippen LogP contribution in [0.3, 0.4) is 0 Å². The van der Waals surface area contributed by atoms with Crippen molar-refractivity contribution in [1.29, 1.82) is 0 Å². The van der Waals surface area contributed by atoms with Crippen molar-refractivity contribution in [1.82, 2.24) is 25.1 Å². The van der Waals surface area contributed by atoms with Crippen molar-refractivity contribution in [2.24, 2.45) is 0 Å². The molecule has 2 aromatic carbocycles. The molecular formula is C22H20FN5O2. The van der Waals surface area contributed by atoms with Crippen LogP contribution >= 0.6 is 0 Å². The molecule has 0 fully saturated rings. The van der Waals surface area contributed by atoms with E-state index in [1.165, 1.54) is 16.6 Å². The Hall–Kier alpha value is -3.81. The number of nitrogens with zero attached hydrogens (tertiary/aromatic N) is 4. The van der Waals surface area contributed by atoms with Crippen LogP contribution in [-0.2, 0) is 11.2 Å². The van der Waals surface area contributed by atoms with E-state index in [1.54, 1.807) is 24.3 Å². The van der Waals surface area contributed by atoms with Gasteiger partial charge in [0.25, 0.3) is 0 Å². The summed E-state index contributed by atoms with van der Waals surface area (Å²) in [4.78, 5) is 12.0. The van der Waals surface area contributed by atoms with Gasteiger partial charge >= 0.3 is 0 Å². The molecule has 7 nitrogen and oxygen atoms in total. The molecule has 152 valence electrons. The Morgan fingerprint density at radius 3 is 2.73 bits per heavy atom. The lowest BCUT2D eigenvalue weighted by Gasteiger charge is -2.08. The molecule has 0 spiro atoms. The van der Waals surface area contributed by atoms with Crippen molar-refractivity contribution >= 4 is 11.6 Å². The lowest BCUT2D eigenvalue weighted by Crippen LogP contribution is -2.29. The van der Waals surface area contributed by atoms with Crippen LogP contribution in [0.15, 0.2) is 60.7 Å². The number of benzene rings is 2. The Balaban J connectivity index is 1.34. The minimum Gasteiger partial charge on any atom is -0.475 e. The lowest BCUT2D eigenvalue weighted by molar-refractivity contribution is -0.120. The first-order valence-corrected chi connectivity index (χ1v) is 9.52. The summed E-state index contributed by atoms with van der Waals surface area (Å²) in [5, 5.41) is 15.3. The zero-order valence-corrected chi connectivity index (χ0v) is 16.4. The van der Waals surface area contributed by atoms with Gasteiger partial charge in [-0.05, 0) is 30.7 Å². The largest absolute Gasteiger partial charge is 0.475 e. The van der Waals surface area contributed by atoms with Gasteiger partial charge < -0.3 is 10.1 Å². The Morgan fingerprint density at radius 1 is 1.10 bits per heavy atom. The molecule has 8 heteroatoms. The lowest BCUT2D eigenvalue weighted by atomic mass is 10.1. The maximum Gasteiger partial charge on any atom is 0.231 e. The van der Waals surface area contributed by atoms with Gasteiger partial charge in [0.15, 0.2) is 11.5 Å². The summed E-state index contributed by atoms with van der Waals surface area (Å²) in [6.07, 6.45) is 0.322. The van der Waals surface area contributed by atoms with Crippen LogP contribution in [0.25, 0.3) is 17.0 Å². The monoisotopic (exact) mass is 405 g/mol. The maximum absolute atomic E-state index is 13.5. The predicted octanol–water partition coefficient (Wildman–Crippen LogP) is 2.98. The topological polar surface area (TPSA) is 81.4 Å². The fourth-order valence-corrected chi connectivity index (χ4v) is 2.96. The summed E-state index contributed by atoms with van der Waals surface area (Å²) in [6.45, 7) is 2.62. The van der Waals surface area contributed by atoms with Crippen LogP contribution < -0.4 is 10.1 Å². The van der Waals surface area contributed by atoms with E-state index in [2.05, 4.69) is 20.6 Å². The van der Waals surface area contributed by atoms with E-state index in [-0.39, 0.29) is 18.3 Å². The molecule has 0 atom stereocenters. The van der Waals surface area contributed by atoms with Gasteiger partial charge in [-0.2, -0.15) is 4.52 Å². The van der Waals surface area contributed by atoms with Crippen molar-refractivity contribution in [3.63, 3.8) is 0 Å². The quantitative estimate of drug-likeness (QED) is 0.478. The highest BCUT2D eigenvalue weighted by atomic mass is 19.1. The molecule has 0 aliphatic rings. The molecule has 4 rings (SSSR count). The van der Waals surface area contributed by atoms with Crippen molar-refractivity contribution in [3.8, 4) is 17.3 Å². The molecule has 4 aromatic rings. The van der Waals surface area contributed by atoms with E-state index in [4.69, 9.17) is 4.74 Å². The molecule has 0 saturated heterocycles. The molecular weight excluding hydrogens is 385 g/mol. The highest BCUT2D eigenvalue weighted by Crippen LogP contribution is 2.19. The Kier molecular flexibility index (Phi) is 5.65. The SMILES string of the molecule is Cc1ccc(CC(=O)NCCOc2ccc3nnc(-c4cccc(F)c4)n3n2)cc1. The number of nitrogens with one attached hydrogen (secondary N) is 1. The first-order valence-electron chi connectivity index (χ1n) is 9.52. The molecule has 0 unspecified atom stereocenters. The number of ether oxygens (including phenoxy) is 1. The van der Waals surface area contributed by atoms with Gasteiger partial charge in [-0.15, -0.1) is 15.3 Å². The minimum absolute atomic E-state index is 0.0712. The Morgan fingerprint density at radius 2 is 1.93 bits per heavy atom. The third-order valence-electron chi connectivity index (χ3n) is 4.48. The highest BCUT2D eigenvalue weighted by Gasteiger charge is 2.11. The molecule has 2 aromatic heterocycles. The van der Waals surface area contributed by atoms with Crippen molar-refractivity contribution in [3.05, 3.63) is 77.6 Å². The second-order valence-electron chi connectivity index (χ2n) is 6.84. The number of aryl methyl sites for hydroxylation is 1. The van der Waals surface area contributed by atoms with Crippen molar-refractivity contribution < 1.29 is 13.9 Å². The van der Waals surface area contributed by atoms with Crippen LogP contribution in [0.2, 0.25) is 0 Å². The zero-order chi connectivity index (χ0) is 20.9. The van der Waals surface area contributed by atoms with Gasteiger partial charge in [0.2, 0.25) is 11.8 Å². The molecule has 30 heavy (non-hydrogen) atoms. The average molecular weight is 405 g/mol. The fraction of sp³-hybridized carbons (Fsp3) is 0.182. The van der Waals surface area contributed by atoms with Crippen LogP contribution in [-0.4, -0.2) is 38.9 Å². The Labute approximate surface area is 172 Å². The van der Waals surface area contributed by atoms with Crippen LogP contribution in [0, 0.1) is 12.7 Å². The summed E-state index contributed by atoms with van der Waals surface area (Å²) in [7, 11) is 0. The molecule has 0 aliphatic heterocycles. The second-order valence-corrected chi connectivity index (χ2v) is 6.84. The van der Waals surface area contributed by atoms with E-state index < -0.39 is 0 Å². The third kappa shape index (κ3) is 4.60. The standard InChI is InChI=1S/C22H20FN5O2/c1-15-5-7-16(8-6-15)13-20(29)24-11-12-30-21-10-9-19-25-26-22(28(19)27-21)17-3-2-4-18(23)14-17/h2-10,14H,11-13H2,1H3,(H,24,29). The maximum atomic E-state index is 13.5. The van der Waals surface area contributed by atoms with Crippen LogP contribution in [0.5, 0.6) is 5.88 Å². The zero-order valence-electron chi connectivity index (χ0n) is 16.4. The summed E-state index contributed by atoms with van der Waals surface area (Å²) < 4.78 is 20.7. The van der Waals surface area contributed by atoms with Gasteiger partial charge in [0, 0.05) is 11.6 Å². The minimum atomic E-state index is -0.363. The van der Waals surface area contributed by atoms with Gasteiger partial charge in [-0.25, -0.2) is 4.39 Å². The first kappa shape index (κ1) is 19.5. The number of carbonyl (C=O) groups excluding carboxylic acids is 1.